The van der Waals surface area contributed by atoms with Gasteiger partial charge in [0.1, 0.15) is 0 Å². The smallest absolute Gasteiger partial charge is 0.314 e. The largest absolute Gasteiger partial charge is 0.389 e. The highest BCUT2D eigenvalue weighted by atomic mass is 79.9. The molecule has 23 heavy (non-hydrogen) atoms. The van der Waals surface area contributed by atoms with Gasteiger partial charge in [-0.2, -0.15) is 13.2 Å². The van der Waals surface area contributed by atoms with Gasteiger partial charge in [0.25, 0.3) is 0 Å². The van der Waals surface area contributed by atoms with Crippen molar-refractivity contribution in [1.29, 1.82) is 0 Å². The summed E-state index contributed by atoms with van der Waals surface area (Å²) in [4.78, 5) is 2.13. The summed E-state index contributed by atoms with van der Waals surface area (Å²) in [5.41, 5.74) is 0.913. The summed E-state index contributed by atoms with van der Waals surface area (Å²) in [5, 5.41) is 3.23. The van der Waals surface area contributed by atoms with Crippen LogP contribution in [0.5, 0.6) is 0 Å². The number of rotatable bonds is 4. The molecule has 1 aliphatic rings. The van der Waals surface area contributed by atoms with Gasteiger partial charge in [0.05, 0.1) is 0 Å². The number of benzene rings is 1. The first-order valence-electron chi connectivity index (χ1n) is 6.83. The van der Waals surface area contributed by atoms with Crippen LogP contribution in [0.2, 0.25) is 0 Å². The van der Waals surface area contributed by atoms with Crippen LogP contribution in [0.25, 0.3) is 0 Å². The van der Waals surface area contributed by atoms with E-state index < -0.39 is 12.6 Å². The molecule has 1 aromatic carbocycles. The van der Waals surface area contributed by atoms with E-state index in [0.29, 0.717) is 0 Å². The van der Waals surface area contributed by atoms with E-state index >= 15 is 0 Å². The fourth-order valence-corrected chi connectivity index (χ4v) is 3.49. The maximum Gasteiger partial charge on any atom is 0.389 e. The van der Waals surface area contributed by atoms with Gasteiger partial charge in [-0.3, -0.25) is 4.90 Å². The van der Waals surface area contributed by atoms with Crippen molar-refractivity contribution >= 4 is 56.7 Å². The molecule has 1 saturated heterocycles. The molecule has 1 heterocycles. The van der Waals surface area contributed by atoms with Gasteiger partial charge < -0.3 is 5.32 Å². The minimum absolute atomic E-state index is 0. The zero-order chi connectivity index (χ0) is 15.5. The molecule has 1 fully saturated rings. The lowest BCUT2D eigenvalue weighted by Crippen LogP contribution is -2.45. The van der Waals surface area contributed by atoms with E-state index in [1.807, 2.05) is 18.2 Å². The van der Waals surface area contributed by atoms with E-state index in [1.165, 1.54) is 0 Å². The predicted molar refractivity (Wildman–Crippen MR) is 98.8 cm³/mol. The van der Waals surface area contributed by atoms with Crippen LogP contribution in [0.3, 0.4) is 0 Å². The van der Waals surface area contributed by atoms with Crippen molar-refractivity contribution in [1.82, 2.24) is 10.2 Å². The highest BCUT2D eigenvalue weighted by Crippen LogP contribution is 2.36. The SMILES string of the molecule is Cl.Cl.FC(F)(F)CC[C@@H](c1cc(Br)ccc1Br)N1CCNCC1. The van der Waals surface area contributed by atoms with Crippen molar-refractivity contribution in [3.05, 3.63) is 32.7 Å². The van der Waals surface area contributed by atoms with Crippen LogP contribution in [0, 0.1) is 0 Å². The fourth-order valence-electron chi connectivity index (χ4n) is 2.60. The summed E-state index contributed by atoms with van der Waals surface area (Å²) in [6.45, 7) is 3.16. The number of piperazine rings is 1. The van der Waals surface area contributed by atoms with Gasteiger partial charge in [0.2, 0.25) is 0 Å². The molecule has 0 amide bonds. The lowest BCUT2D eigenvalue weighted by atomic mass is 9.99. The third-order valence-electron chi connectivity index (χ3n) is 3.61. The number of nitrogens with one attached hydrogen (secondary N) is 1. The molecule has 0 saturated carbocycles. The van der Waals surface area contributed by atoms with Crippen molar-refractivity contribution in [2.45, 2.75) is 25.1 Å². The number of nitrogens with zero attached hydrogens (tertiary/aromatic N) is 1. The van der Waals surface area contributed by atoms with E-state index in [1.54, 1.807) is 0 Å². The van der Waals surface area contributed by atoms with Crippen LogP contribution >= 0.6 is 56.7 Å². The Morgan fingerprint density at radius 3 is 2.30 bits per heavy atom. The molecule has 2 nitrogen and oxygen atoms in total. The third kappa shape index (κ3) is 7.48. The van der Waals surface area contributed by atoms with E-state index in [9.17, 15) is 13.2 Å². The van der Waals surface area contributed by atoms with Gasteiger partial charge >= 0.3 is 6.18 Å². The van der Waals surface area contributed by atoms with E-state index in [4.69, 9.17) is 0 Å². The first-order chi connectivity index (χ1) is 9.87. The molecule has 0 bridgehead atoms. The molecule has 134 valence electrons. The molecular weight excluding hydrogens is 484 g/mol. The van der Waals surface area contributed by atoms with Crippen molar-refractivity contribution in [3.63, 3.8) is 0 Å². The Morgan fingerprint density at radius 1 is 1.13 bits per heavy atom. The number of hydrogen-bond donors (Lipinski definition) is 1. The molecule has 0 spiro atoms. The Morgan fingerprint density at radius 2 is 1.74 bits per heavy atom. The molecule has 1 aromatic rings. The maximum atomic E-state index is 12.6. The Kier molecular flexibility index (Phi) is 10.7. The molecule has 0 aliphatic carbocycles. The van der Waals surface area contributed by atoms with Crippen molar-refractivity contribution in [2.24, 2.45) is 0 Å². The van der Waals surface area contributed by atoms with E-state index in [2.05, 4.69) is 42.1 Å². The number of hydrogen-bond acceptors (Lipinski definition) is 2. The van der Waals surface area contributed by atoms with Crippen LogP contribution in [0.4, 0.5) is 13.2 Å². The minimum Gasteiger partial charge on any atom is -0.314 e. The van der Waals surface area contributed by atoms with Gasteiger partial charge in [-0.05, 0) is 30.2 Å². The molecule has 0 aromatic heterocycles. The van der Waals surface area contributed by atoms with Crippen LogP contribution in [-0.4, -0.2) is 37.3 Å². The number of halogens is 7. The second-order valence-corrected chi connectivity index (χ2v) is 6.89. The summed E-state index contributed by atoms with van der Waals surface area (Å²) < 4.78 is 39.6. The first-order valence-corrected chi connectivity index (χ1v) is 8.42. The van der Waals surface area contributed by atoms with Crippen LogP contribution in [0.1, 0.15) is 24.4 Å². The molecule has 1 N–H and O–H groups in total. The summed E-state index contributed by atoms with van der Waals surface area (Å²) >= 11 is 6.88. The van der Waals surface area contributed by atoms with Gasteiger partial charge in [-0.15, -0.1) is 24.8 Å². The zero-order valence-corrected chi connectivity index (χ0v) is 17.0. The summed E-state index contributed by atoms with van der Waals surface area (Å²) in [7, 11) is 0. The fraction of sp³-hybridized carbons (Fsp3) is 0.571. The molecule has 1 atom stereocenters. The third-order valence-corrected chi connectivity index (χ3v) is 4.83. The van der Waals surface area contributed by atoms with Gasteiger partial charge in [-0.25, -0.2) is 0 Å². The topological polar surface area (TPSA) is 15.3 Å². The monoisotopic (exact) mass is 500 g/mol. The van der Waals surface area contributed by atoms with E-state index in [0.717, 1.165) is 40.7 Å². The van der Waals surface area contributed by atoms with Crippen molar-refractivity contribution in [3.8, 4) is 0 Å². The summed E-state index contributed by atoms with van der Waals surface area (Å²) in [6, 6.07) is 5.45. The lowest BCUT2D eigenvalue weighted by molar-refractivity contribution is -0.138. The van der Waals surface area contributed by atoms with Crippen molar-refractivity contribution < 1.29 is 13.2 Å². The average Bonchev–Trinajstić information content (AvgIpc) is 2.43. The lowest BCUT2D eigenvalue weighted by Gasteiger charge is -2.36. The Hall–Kier alpha value is 0.470. The Balaban J connectivity index is 0.00000242. The number of alkyl halides is 3. The average molecular weight is 503 g/mol. The Bertz CT molecular complexity index is 484. The predicted octanol–water partition coefficient (Wildman–Crippen LogP) is 5.34. The summed E-state index contributed by atoms with van der Waals surface area (Å²) in [6.07, 6.45) is -4.80. The minimum atomic E-state index is -4.12. The zero-order valence-electron chi connectivity index (χ0n) is 12.2. The maximum absolute atomic E-state index is 12.6. The van der Waals surface area contributed by atoms with E-state index in [-0.39, 0.29) is 37.3 Å². The van der Waals surface area contributed by atoms with Crippen LogP contribution in [0.15, 0.2) is 27.1 Å². The summed E-state index contributed by atoms with van der Waals surface area (Å²) in [5.74, 6) is 0. The standard InChI is InChI=1S/C14H17Br2F3N2.2ClH/c15-10-1-2-12(16)11(9-10)13(3-4-14(17,18)19)21-7-5-20-6-8-21;;/h1-2,9,13,20H,3-8H2;2*1H/t13-;;/m0../s1. The highest BCUT2D eigenvalue weighted by Gasteiger charge is 2.32. The molecular formula is C14H19Br2Cl2F3N2. The Labute approximate surface area is 163 Å². The van der Waals surface area contributed by atoms with Crippen molar-refractivity contribution in [2.75, 3.05) is 26.2 Å². The molecule has 0 unspecified atom stereocenters. The second kappa shape index (κ2) is 10.5. The first kappa shape index (κ1) is 23.5. The van der Waals surface area contributed by atoms with Gasteiger partial charge in [0.15, 0.2) is 0 Å². The van der Waals surface area contributed by atoms with Crippen LogP contribution in [-0.2, 0) is 0 Å². The molecule has 0 radical (unpaired) electrons. The highest BCUT2D eigenvalue weighted by molar-refractivity contribution is 9.11. The second-order valence-electron chi connectivity index (χ2n) is 5.12. The normalized spacial score (nSPS) is 17.1. The van der Waals surface area contributed by atoms with Gasteiger partial charge in [0, 0.05) is 47.6 Å². The quantitative estimate of drug-likeness (QED) is 0.597. The van der Waals surface area contributed by atoms with Crippen LogP contribution < -0.4 is 5.32 Å². The molecule has 9 heteroatoms. The molecule has 2 rings (SSSR count). The molecule has 1 aliphatic heterocycles. The van der Waals surface area contributed by atoms with Gasteiger partial charge in [-0.1, -0.05) is 31.9 Å².